The van der Waals surface area contributed by atoms with Gasteiger partial charge in [-0.3, -0.25) is 9.59 Å². The fraction of sp³-hybridized carbons (Fsp3) is 0.440. The van der Waals surface area contributed by atoms with Crippen molar-refractivity contribution in [3.8, 4) is 11.5 Å². The number of piperazine rings is 1. The largest absolute Gasteiger partial charge is 0.496 e. The zero-order valence-corrected chi connectivity index (χ0v) is 18.7. The lowest BCUT2D eigenvalue weighted by molar-refractivity contribution is 0.0535. The molecule has 0 bridgehead atoms. The molecule has 6 heteroatoms. The number of hydrogen-bond donors (Lipinski definition) is 0. The number of hydrogen-bond acceptors (Lipinski definition) is 4. The van der Waals surface area contributed by atoms with E-state index in [1.165, 1.54) is 0 Å². The van der Waals surface area contributed by atoms with E-state index in [0.717, 1.165) is 30.6 Å². The second-order valence-electron chi connectivity index (χ2n) is 7.85. The first-order valence-electron chi connectivity index (χ1n) is 11.0. The van der Waals surface area contributed by atoms with Crippen molar-refractivity contribution in [2.45, 2.75) is 33.1 Å². The third kappa shape index (κ3) is 5.78. The molecule has 0 spiro atoms. The van der Waals surface area contributed by atoms with Crippen molar-refractivity contribution < 1.29 is 19.1 Å². The first-order chi connectivity index (χ1) is 15.0. The second kappa shape index (κ2) is 10.8. The van der Waals surface area contributed by atoms with Crippen LogP contribution >= 0.6 is 0 Å². The summed E-state index contributed by atoms with van der Waals surface area (Å²) >= 11 is 0. The number of methoxy groups -OCH3 is 1. The van der Waals surface area contributed by atoms with Crippen molar-refractivity contribution in [3.05, 3.63) is 59.2 Å². The maximum absolute atomic E-state index is 12.8. The Morgan fingerprint density at radius 1 is 0.871 bits per heavy atom. The molecule has 31 heavy (non-hydrogen) atoms. The Morgan fingerprint density at radius 2 is 1.45 bits per heavy atom. The van der Waals surface area contributed by atoms with Crippen molar-refractivity contribution in [3.63, 3.8) is 0 Å². The molecule has 3 rings (SSSR count). The minimum atomic E-state index is -0.0324. The zero-order valence-electron chi connectivity index (χ0n) is 18.7. The van der Waals surface area contributed by atoms with Crippen LogP contribution in [0.5, 0.6) is 11.5 Å². The Morgan fingerprint density at radius 3 is 2.03 bits per heavy atom. The molecule has 6 nitrogen and oxygen atoms in total. The lowest BCUT2D eigenvalue weighted by atomic mass is 10.1. The van der Waals surface area contributed by atoms with E-state index in [9.17, 15) is 9.59 Å². The maximum Gasteiger partial charge on any atom is 0.254 e. The van der Waals surface area contributed by atoms with Crippen LogP contribution in [0.3, 0.4) is 0 Å². The van der Waals surface area contributed by atoms with Gasteiger partial charge >= 0.3 is 0 Å². The molecule has 0 unspecified atom stereocenters. The van der Waals surface area contributed by atoms with Gasteiger partial charge in [0.05, 0.1) is 13.7 Å². The summed E-state index contributed by atoms with van der Waals surface area (Å²) in [4.78, 5) is 29.3. The SMILES string of the molecule is CCCCCOc1ccc(C(=O)N2CCN(C(=O)c3ccc(C)c(OC)c3)CC2)cc1. The van der Waals surface area contributed by atoms with Crippen LogP contribution in [-0.2, 0) is 0 Å². The Kier molecular flexibility index (Phi) is 7.93. The minimum absolute atomic E-state index is 0.0124. The molecule has 0 N–H and O–H groups in total. The average Bonchev–Trinajstić information content (AvgIpc) is 2.82. The number of benzene rings is 2. The van der Waals surface area contributed by atoms with Gasteiger partial charge in [-0.2, -0.15) is 0 Å². The molecule has 0 atom stereocenters. The number of unbranched alkanes of at least 4 members (excludes halogenated alkanes) is 2. The second-order valence-corrected chi connectivity index (χ2v) is 7.85. The molecule has 166 valence electrons. The highest BCUT2D eigenvalue weighted by Crippen LogP contribution is 2.21. The molecule has 1 heterocycles. The summed E-state index contributed by atoms with van der Waals surface area (Å²) in [6, 6.07) is 12.8. The summed E-state index contributed by atoms with van der Waals surface area (Å²) in [5, 5.41) is 0. The quantitative estimate of drug-likeness (QED) is 0.597. The lowest BCUT2D eigenvalue weighted by Crippen LogP contribution is -2.50. The first-order valence-corrected chi connectivity index (χ1v) is 11.0. The molecule has 1 aliphatic heterocycles. The fourth-order valence-electron chi connectivity index (χ4n) is 3.67. The van der Waals surface area contributed by atoms with Crippen molar-refractivity contribution in [1.82, 2.24) is 9.80 Å². The van der Waals surface area contributed by atoms with Crippen LogP contribution in [0.4, 0.5) is 0 Å². The monoisotopic (exact) mass is 424 g/mol. The number of ether oxygens (including phenoxy) is 2. The van der Waals surface area contributed by atoms with Crippen LogP contribution in [0.2, 0.25) is 0 Å². The topological polar surface area (TPSA) is 59.1 Å². The highest BCUT2D eigenvalue weighted by molar-refractivity contribution is 5.96. The van der Waals surface area contributed by atoms with Gasteiger partial charge in [0, 0.05) is 37.3 Å². The first kappa shape index (κ1) is 22.7. The fourth-order valence-corrected chi connectivity index (χ4v) is 3.67. The normalized spacial score (nSPS) is 13.8. The Labute approximate surface area is 184 Å². The Balaban J connectivity index is 1.53. The van der Waals surface area contributed by atoms with Crippen LogP contribution in [0.15, 0.2) is 42.5 Å². The van der Waals surface area contributed by atoms with Gasteiger partial charge < -0.3 is 19.3 Å². The standard InChI is InChI=1S/C25H32N2O4/c1-4-5-6-17-31-22-11-9-20(10-12-22)24(28)26-13-15-27(16-14-26)25(29)21-8-7-19(2)23(18-21)30-3/h7-12,18H,4-6,13-17H2,1-3H3. The summed E-state index contributed by atoms with van der Waals surface area (Å²) in [6.07, 6.45) is 3.35. The van der Waals surface area contributed by atoms with Crippen molar-refractivity contribution in [2.24, 2.45) is 0 Å². The summed E-state index contributed by atoms with van der Waals surface area (Å²) in [6.45, 7) is 6.87. The van der Waals surface area contributed by atoms with Crippen LogP contribution in [0.1, 0.15) is 52.5 Å². The predicted molar refractivity (Wildman–Crippen MR) is 121 cm³/mol. The van der Waals surface area contributed by atoms with Gasteiger partial charge in [0.2, 0.25) is 0 Å². The van der Waals surface area contributed by atoms with E-state index in [1.54, 1.807) is 23.0 Å². The number of carbonyl (C=O) groups excluding carboxylic acids is 2. The lowest BCUT2D eigenvalue weighted by Gasteiger charge is -2.35. The van der Waals surface area contributed by atoms with Gasteiger partial charge in [0.15, 0.2) is 0 Å². The highest BCUT2D eigenvalue weighted by Gasteiger charge is 2.26. The summed E-state index contributed by atoms with van der Waals surface area (Å²) < 4.78 is 11.0. The van der Waals surface area contributed by atoms with Gasteiger partial charge in [0.1, 0.15) is 11.5 Å². The van der Waals surface area contributed by atoms with E-state index in [4.69, 9.17) is 9.47 Å². The molecule has 0 radical (unpaired) electrons. The van der Waals surface area contributed by atoms with Crippen molar-refractivity contribution in [1.29, 1.82) is 0 Å². The van der Waals surface area contributed by atoms with Gasteiger partial charge in [-0.1, -0.05) is 25.8 Å². The van der Waals surface area contributed by atoms with Crippen LogP contribution in [-0.4, -0.2) is 61.5 Å². The molecule has 2 amide bonds. The third-order valence-electron chi connectivity index (χ3n) is 5.63. The Bertz CT molecular complexity index is 887. The minimum Gasteiger partial charge on any atom is -0.496 e. The average molecular weight is 425 g/mol. The Hall–Kier alpha value is -3.02. The maximum atomic E-state index is 12.8. The summed E-state index contributed by atoms with van der Waals surface area (Å²) in [7, 11) is 1.60. The molecule has 0 saturated carbocycles. The molecule has 1 saturated heterocycles. The van der Waals surface area contributed by atoms with E-state index in [2.05, 4.69) is 6.92 Å². The molecule has 0 aromatic heterocycles. The van der Waals surface area contributed by atoms with Gasteiger partial charge in [-0.15, -0.1) is 0 Å². The van der Waals surface area contributed by atoms with Crippen LogP contribution in [0, 0.1) is 6.92 Å². The number of nitrogens with zero attached hydrogens (tertiary/aromatic N) is 2. The van der Waals surface area contributed by atoms with Crippen molar-refractivity contribution in [2.75, 3.05) is 39.9 Å². The highest BCUT2D eigenvalue weighted by atomic mass is 16.5. The molecular weight excluding hydrogens is 392 g/mol. The third-order valence-corrected chi connectivity index (χ3v) is 5.63. The molecule has 2 aromatic carbocycles. The molecule has 0 aliphatic carbocycles. The number of amides is 2. The molecule has 2 aromatic rings. The van der Waals surface area contributed by atoms with E-state index in [0.29, 0.717) is 49.7 Å². The molecule has 1 fully saturated rings. The number of carbonyl (C=O) groups is 2. The van der Waals surface area contributed by atoms with E-state index >= 15 is 0 Å². The van der Waals surface area contributed by atoms with E-state index < -0.39 is 0 Å². The van der Waals surface area contributed by atoms with E-state index in [-0.39, 0.29) is 11.8 Å². The molecule has 1 aliphatic rings. The number of aryl methyl sites for hydroxylation is 1. The summed E-state index contributed by atoms with van der Waals surface area (Å²) in [5.41, 5.74) is 2.24. The smallest absolute Gasteiger partial charge is 0.254 e. The summed E-state index contributed by atoms with van der Waals surface area (Å²) in [5.74, 6) is 1.45. The van der Waals surface area contributed by atoms with E-state index in [1.807, 2.05) is 43.3 Å². The van der Waals surface area contributed by atoms with Gasteiger partial charge in [-0.25, -0.2) is 0 Å². The van der Waals surface area contributed by atoms with Crippen LogP contribution < -0.4 is 9.47 Å². The van der Waals surface area contributed by atoms with Crippen LogP contribution in [0.25, 0.3) is 0 Å². The molecular formula is C25H32N2O4. The number of rotatable bonds is 8. The predicted octanol–water partition coefficient (Wildman–Crippen LogP) is 4.17. The van der Waals surface area contributed by atoms with Crippen molar-refractivity contribution >= 4 is 11.8 Å². The zero-order chi connectivity index (χ0) is 22.2. The van der Waals surface area contributed by atoms with Gasteiger partial charge in [-0.05, 0) is 55.3 Å². The van der Waals surface area contributed by atoms with Gasteiger partial charge in [0.25, 0.3) is 11.8 Å².